The van der Waals surface area contributed by atoms with Gasteiger partial charge in [0.15, 0.2) is 11.5 Å². The van der Waals surface area contributed by atoms with Gasteiger partial charge in [-0.25, -0.2) is 0 Å². The largest absolute Gasteiger partial charge is 0.493 e. The van der Waals surface area contributed by atoms with E-state index in [-0.39, 0.29) is 5.92 Å². The summed E-state index contributed by atoms with van der Waals surface area (Å²) >= 11 is 0. The van der Waals surface area contributed by atoms with Crippen molar-refractivity contribution in [1.29, 1.82) is 0 Å². The van der Waals surface area contributed by atoms with Gasteiger partial charge >= 0.3 is 0 Å². The summed E-state index contributed by atoms with van der Waals surface area (Å²) in [7, 11) is 4.91. The molecule has 0 radical (unpaired) electrons. The molecule has 0 aliphatic carbocycles. The summed E-state index contributed by atoms with van der Waals surface area (Å²) in [5.41, 5.74) is 6.80. The Hall–Kier alpha value is -1.26. The molecule has 1 aromatic carbocycles. The number of hydrogen-bond acceptors (Lipinski definition) is 4. The molecule has 4 heteroatoms. The van der Waals surface area contributed by atoms with E-state index in [1.54, 1.807) is 21.3 Å². The highest BCUT2D eigenvalue weighted by molar-refractivity contribution is 5.44. The predicted octanol–water partition coefficient (Wildman–Crippen LogP) is 1.39. The number of rotatable bonds is 6. The van der Waals surface area contributed by atoms with Crippen LogP contribution in [0.2, 0.25) is 0 Å². The molecule has 4 nitrogen and oxygen atoms in total. The van der Waals surface area contributed by atoms with Gasteiger partial charge in [-0.3, -0.25) is 0 Å². The maximum absolute atomic E-state index is 5.70. The Balaban J connectivity index is 2.96. The van der Waals surface area contributed by atoms with Crippen LogP contribution in [-0.2, 0) is 4.74 Å². The molecular formula is C12H19NO3. The molecule has 0 bridgehead atoms. The second kappa shape index (κ2) is 6.35. The first-order valence-electron chi connectivity index (χ1n) is 5.17. The third-order valence-corrected chi connectivity index (χ3v) is 2.53. The molecule has 0 amide bonds. The fourth-order valence-corrected chi connectivity index (χ4v) is 1.61. The van der Waals surface area contributed by atoms with E-state index in [0.717, 1.165) is 17.1 Å². The zero-order valence-electron chi connectivity index (χ0n) is 10.0. The lowest BCUT2D eigenvalue weighted by Gasteiger charge is -2.16. The van der Waals surface area contributed by atoms with Gasteiger partial charge < -0.3 is 19.9 Å². The van der Waals surface area contributed by atoms with Crippen molar-refractivity contribution in [3.8, 4) is 11.5 Å². The van der Waals surface area contributed by atoms with E-state index in [1.807, 2.05) is 18.2 Å². The summed E-state index contributed by atoms with van der Waals surface area (Å²) in [5.74, 6) is 1.62. The fraction of sp³-hybridized carbons (Fsp3) is 0.500. The maximum atomic E-state index is 5.70. The molecule has 0 saturated heterocycles. The van der Waals surface area contributed by atoms with E-state index in [4.69, 9.17) is 19.9 Å². The normalized spacial score (nSPS) is 12.2. The van der Waals surface area contributed by atoms with Crippen LogP contribution >= 0.6 is 0 Å². The lowest BCUT2D eigenvalue weighted by Crippen LogP contribution is -2.17. The van der Waals surface area contributed by atoms with Crippen LogP contribution in [0.5, 0.6) is 11.5 Å². The van der Waals surface area contributed by atoms with Gasteiger partial charge in [-0.05, 0) is 17.7 Å². The Morgan fingerprint density at radius 1 is 1.12 bits per heavy atom. The van der Waals surface area contributed by atoms with E-state index >= 15 is 0 Å². The minimum Gasteiger partial charge on any atom is -0.493 e. The van der Waals surface area contributed by atoms with Crippen molar-refractivity contribution < 1.29 is 14.2 Å². The first-order chi connectivity index (χ1) is 7.76. The molecule has 0 spiro atoms. The van der Waals surface area contributed by atoms with Crippen LogP contribution < -0.4 is 15.2 Å². The van der Waals surface area contributed by atoms with Crippen LogP contribution in [0.1, 0.15) is 11.5 Å². The van der Waals surface area contributed by atoms with Crippen molar-refractivity contribution >= 4 is 0 Å². The Bertz CT molecular complexity index is 328. The molecule has 0 fully saturated rings. The first-order valence-corrected chi connectivity index (χ1v) is 5.17. The Morgan fingerprint density at radius 2 is 1.81 bits per heavy atom. The lowest BCUT2D eigenvalue weighted by molar-refractivity contribution is 0.181. The van der Waals surface area contributed by atoms with Gasteiger partial charge in [0.2, 0.25) is 0 Å². The highest BCUT2D eigenvalue weighted by Gasteiger charge is 2.12. The molecule has 0 aliphatic rings. The van der Waals surface area contributed by atoms with Crippen molar-refractivity contribution in [3.05, 3.63) is 23.8 Å². The van der Waals surface area contributed by atoms with E-state index in [0.29, 0.717) is 13.2 Å². The van der Waals surface area contributed by atoms with Crippen molar-refractivity contribution in [2.75, 3.05) is 34.5 Å². The SMILES string of the molecule is COCC(CN)c1ccc(OC)c(OC)c1. The van der Waals surface area contributed by atoms with E-state index in [1.165, 1.54) is 0 Å². The van der Waals surface area contributed by atoms with Gasteiger partial charge in [0.05, 0.1) is 20.8 Å². The number of hydrogen-bond donors (Lipinski definition) is 1. The van der Waals surface area contributed by atoms with Crippen molar-refractivity contribution in [2.24, 2.45) is 5.73 Å². The minimum absolute atomic E-state index is 0.185. The molecule has 0 saturated carbocycles. The maximum Gasteiger partial charge on any atom is 0.160 e. The van der Waals surface area contributed by atoms with Crippen LogP contribution in [0.4, 0.5) is 0 Å². The molecule has 0 aliphatic heterocycles. The third kappa shape index (κ3) is 2.87. The van der Waals surface area contributed by atoms with Crippen LogP contribution in [0.3, 0.4) is 0 Å². The molecule has 1 atom stereocenters. The second-order valence-electron chi connectivity index (χ2n) is 3.50. The van der Waals surface area contributed by atoms with Crippen LogP contribution in [-0.4, -0.2) is 34.5 Å². The number of benzene rings is 1. The molecule has 90 valence electrons. The fourth-order valence-electron chi connectivity index (χ4n) is 1.61. The van der Waals surface area contributed by atoms with Gasteiger partial charge in [-0.1, -0.05) is 6.07 Å². The molecule has 1 rings (SSSR count). The molecule has 1 unspecified atom stereocenters. The Kier molecular flexibility index (Phi) is 5.08. The highest BCUT2D eigenvalue weighted by Crippen LogP contribution is 2.30. The molecular weight excluding hydrogens is 206 g/mol. The highest BCUT2D eigenvalue weighted by atomic mass is 16.5. The topological polar surface area (TPSA) is 53.7 Å². The summed E-state index contributed by atoms with van der Waals surface area (Å²) in [5, 5.41) is 0. The average Bonchev–Trinajstić information content (AvgIpc) is 2.35. The zero-order chi connectivity index (χ0) is 12.0. The molecule has 1 aromatic rings. The summed E-state index contributed by atoms with van der Waals surface area (Å²) in [6, 6.07) is 5.81. The number of nitrogens with two attached hydrogens (primary N) is 1. The molecule has 0 heterocycles. The van der Waals surface area contributed by atoms with Crippen molar-refractivity contribution in [2.45, 2.75) is 5.92 Å². The van der Waals surface area contributed by atoms with Gasteiger partial charge in [0.1, 0.15) is 0 Å². The Labute approximate surface area is 96.3 Å². The lowest BCUT2D eigenvalue weighted by atomic mass is 10.00. The molecule has 16 heavy (non-hydrogen) atoms. The second-order valence-corrected chi connectivity index (χ2v) is 3.50. The number of methoxy groups -OCH3 is 3. The van der Waals surface area contributed by atoms with Gasteiger partial charge in [0, 0.05) is 19.6 Å². The van der Waals surface area contributed by atoms with E-state index < -0.39 is 0 Å². The molecule has 0 aromatic heterocycles. The summed E-state index contributed by atoms with van der Waals surface area (Å²) in [6.07, 6.45) is 0. The van der Waals surface area contributed by atoms with Crippen molar-refractivity contribution in [1.82, 2.24) is 0 Å². The van der Waals surface area contributed by atoms with Gasteiger partial charge in [-0.15, -0.1) is 0 Å². The average molecular weight is 225 g/mol. The van der Waals surface area contributed by atoms with Crippen LogP contribution in [0.15, 0.2) is 18.2 Å². The first kappa shape index (κ1) is 12.8. The van der Waals surface area contributed by atoms with Crippen LogP contribution in [0.25, 0.3) is 0 Å². The number of ether oxygens (including phenoxy) is 3. The standard InChI is InChI=1S/C12H19NO3/c1-14-8-10(7-13)9-4-5-11(15-2)12(6-9)16-3/h4-6,10H,7-8,13H2,1-3H3. The predicted molar refractivity (Wildman–Crippen MR) is 63.2 cm³/mol. The monoisotopic (exact) mass is 225 g/mol. The smallest absolute Gasteiger partial charge is 0.160 e. The Morgan fingerprint density at radius 3 is 2.31 bits per heavy atom. The van der Waals surface area contributed by atoms with E-state index in [2.05, 4.69) is 0 Å². The quantitative estimate of drug-likeness (QED) is 0.795. The zero-order valence-corrected chi connectivity index (χ0v) is 10.0. The van der Waals surface area contributed by atoms with Crippen LogP contribution in [0, 0.1) is 0 Å². The minimum atomic E-state index is 0.185. The molecule has 2 N–H and O–H groups in total. The van der Waals surface area contributed by atoms with Gasteiger partial charge in [-0.2, -0.15) is 0 Å². The van der Waals surface area contributed by atoms with E-state index in [9.17, 15) is 0 Å². The summed E-state index contributed by atoms with van der Waals surface area (Å²) < 4.78 is 15.5. The summed E-state index contributed by atoms with van der Waals surface area (Å²) in [4.78, 5) is 0. The van der Waals surface area contributed by atoms with Crippen molar-refractivity contribution in [3.63, 3.8) is 0 Å². The van der Waals surface area contributed by atoms with Gasteiger partial charge in [0.25, 0.3) is 0 Å². The third-order valence-electron chi connectivity index (χ3n) is 2.53. The summed E-state index contributed by atoms with van der Waals surface area (Å²) in [6.45, 7) is 1.15.